The van der Waals surface area contributed by atoms with Crippen molar-refractivity contribution in [2.24, 2.45) is 0 Å². The molecule has 72 valence electrons. The van der Waals surface area contributed by atoms with Crippen molar-refractivity contribution < 1.29 is 5.11 Å². The fourth-order valence-corrected chi connectivity index (χ4v) is 1.25. The summed E-state index contributed by atoms with van der Waals surface area (Å²) in [5.74, 6) is 0. The van der Waals surface area contributed by atoms with Gasteiger partial charge in [0.05, 0.1) is 0 Å². The van der Waals surface area contributed by atoms with Gasteiger partial charge in [-0.05, 0) is 32.9 Å². The quantitative estimate of drug-likeness (QED) is 0.621. The van der Waals surface area contributed by atoms with Gasteiger partial charge in [-0.1, -0.05) is 18.2 Å². The summed E-state index contributed by atoms with van der Waals surface area (Å²) in [5.41, 5.74) is 0. The molecule has 3 heteroatoms. The van der Waals surface area contributed by atoms with Gasteiger partial charge in [-0.25, -0.2) is 0 Å². The Morgan fingerprint density at radius 3 is 2.58 bits per heavy atom. The van der Waals surface area contributed by atoms with Crippen LogP contribution < -0.4 is 0 Å². The van der Waals surface area contributed by atoms with Crippen LogP contribution in [0, 0.1) is 0 Å². The number of aliphatic hydroxyl groups excluding tert-OH is 1. The van der Waals surface area contributed by atoms with Crippen molar-refractivity contribution >= 4 is 11.6 Å². The zero-order valence-electron chi connectivity index (χ0n) is 7.72. The first-order valence-electron chi connectivity index (χ1n) is 4.29. The van der Waals surface area contributed by atoms with Crippen molar-refractivity contribution in [2.75, 3.05) is 26.7 Å². The van der Waals surface area contributed by atoms with E-state index in [0.29, 0.717) is 11.6 Å². The summed E-state index contributed by atoms with van der Waals surface area (Å²) in [6, 6.07) is 0. The van der Waals surface area contributed by atoms with Crippen LogP contribution in [0.2, 0.25) is 0 Å². The zero-order valence-corrected chi connectivity index (χ0v) is 8.48. The summed E-state index contributed by atoms with van der Waals surface area (Å²) in [6.45, 7) is 5.69. The molecule has 0 saturated heterocycles. The Balaban J connectivity index is 3.19. The van der Waals surface area contributed by atoms with Gasteiger partial charge in [0.2, 0.25) is 0 Å². The molecule has 0 aliphatic carbocycles. The van der Waals surface area contributed by atoms with E-state index >= 15 is 0 Å². The number of rotatable bonds is 7. The van der Waals surface area contributed by atoms with Crippen molar-refractivity contribution in [2.45, 2.75) is 19.3 Å². The molecule has 0 aromatic heterocycles. The normalized spacial score (nSPS) is 10.7. The molecule has 12 heavy (non-hydrogen) atoms. The van der Waals surface area contributed by atoms with Gasteiger partial charge in [-0.2, -0.15) is 0 Å². The van der Waals surface area contributed by atoms with E-state index in [4.69, 9.17) is 16.7 Å². The molecule has 0 aromatic carbocycles. The van der Waals surface area contributed by atoms with Crippen LogP contribution in [-0.4, -0.2) is 36.8 Å². The molecule has 1 N–H and O–H groups in total. The number of hydrogen-bond acceptors (Lipinski definition) is 2. The summed E-state index contributed by atoms with van der Waals surface area (Å²) >= 11 is 5.64. The molecule has 0 aliphatic rings. The van der Waals surface area contributed by atoms with E-state index in [2.05, 4.69) is 11.5 Å². The molecule has 0 amide bonds. The molecule has 0 spiro atoms. The third-order valence-corrected chi connectivity index (χ3v) is 1.76. The van der Waals surface area contributed by atoms with Crippen LogP contribution in [0.4, 0.5) is 0 Å². The first-order valence-corrected chi connectivity index (χ1v) is 4.67. The highest BCUT2D eigenvalue weighted by molar-refractivity contribution is 6.29. The van der Waals surface area contributed by atoms with Gasteiger partial charge in [0.1, 0.15) is 0 Å². The number of aliphatic hydroxyl groups is 1. The molecule has 0 unspecified atom stereocenters. The summed E-state index contributed by atoms with van der Waals surface area (Å²) in [4.78, 5) is 2.13. The summed E-state index contributed by atoms with van der Waals surface area (Å²) in [5, 5.41) is 9.21. The third-order valence-electron chi connectivity index (χ3n) is 1.64. The molecule has 0 atom stereocenters. The van der Waals surface area contributed by atoms with Crippen LogP contribution in [0.1, 0.15) is 19.3 Å². The Kier molecular flexibility index (Phi) is 7.56. The lowest BCUT2D eigenvalue weighted by molar-refractivity contribution is 0.276. The van der Waals surface area contributed by atoms with E-state index in [1.165, 1.54) is 0 Å². The topological polar surface area (TPSA) is 23.5 Å². The van der Waals surface area contributed by atoms with Crippen molar-refractivity contribution in [3.8, 4) is 0 Å². The highest BCUT2D eigenvalue weighted by Gasteiger charge is 1.98. The molecule has 0 heterocycles. The van der Waals surface area contributed by atoms with Gasteiger partial charge in [0.15, 0.2) is 0 Å². The van der Waals surface area contributed by atoms with Gasteiger partial charge in [0, 0.05) is 18.2 Å². The second-order valence-corrected chi connectivity index (χ2v) is 3.57. The molecule has 0 saturated carbocycles. The largest absolute Gasteiger partial charge is 0.396 e. The molecule has 2 nitrogen and oxygen atoms in total. The maximum Gasteiger partial charge on any atom is 0.0431 e. The fraction of sp³-hybridized carbons (Fsp3) is 0.778. The summed E-state index contributed by atoms with van der Waals surface area (Å²) in [6.07, 6.45) is 3.09. The van der Waals surface area contributed by atoms with E-state index < -0.39 is 0 Å². The third kappa shape index (κ3) is 8.05. The van der Waals surface area contributed by atoms with Gasteiger partial charge >= 0.3 is 0 Å². The predicted octanol–water partition coefficient (Wildman–Crippen LogP) is 1.83. The SMILES string of the molecule is C=C(Cl)CN(C)CCCCCO. The monoisotopic (exact) mass is 191 g/mol. The molecule has 0 bridgehead atoms. The minimum Gasteiger partial charge on any atom is -0.396 e. The lowest BCUT2D eigenvalue weighted by Gasteiger charge is -2.14. The highest BCUT2D eigenvalue weighted by Crippen LogP contribution is 2.01. The Hall–Kier alpha value is -0.0500. The Morgan fingerprint density at radius 2 is 2.08 bits per heavy atom. The van der Waals surface area contributed by atoms with Crippen LogP contribution in [0.15, 0.2) is 11.6 Å². The summed E-state index contributed by atoms with van der Waals surface area (Å²) < 4.78 is 0. The zero-order chi connectivity index (χ0) is 9.40. The van der Waals surface area contributed by atoms with E-state index in [9.17, 15) is 0 Å². The van der Waals surface area contributed by atoms with E-state index in [1.807, 2.05) is 7.05 Å². The fourth-order valence-electron chi connectivity index (χ4n) is 1.04. The number of likely N-dealkylation sites (N-methyl/N-ethyl adjacent to an activating group) is 1. The van der Waals surface area contributed by atoms with Crippen LogP contribution in [-0.2, 0) is 0 Å². The highest BCUT2D eigenvalue weighted by atomic mass is 35.5. The van der Waals surface area contributed by atoms with Crippen LogP contribution in [0.5, 0.6) is 0 Å². The Bertz CT molecular complexity index is 128. The van der Waals surface area contributed by atoms with Crippen molar-refractivity contribution in [1.82, 2.24) is 4.90 Å². The van der Waals surface area contributed by atoms with Gasteiger partial charge in [0.25, 0.3) is 0 Å². The summed E-state index contributed by atoms with van der Waals surface area (Å²) in [7, 11) is 2.02. The molecule has 0 radical (unpaired) electrons. The van der Waals surface area contributed by atoms with E-state index in [0.717, 1.165) is 32.4 Å². The number of hydrogen-bond donors (Lipinski definition) is 1. The van der Waals surface area contributed by atoms with E-state index in [-0.39, 0.29) is 0 Å². The first-order chi connectivity index (χ1) is 5.66. The van der Waals surface area contributed by atoms with Crippen molar-refractivity contribution in [3.63, 3.8) is 0 Å². The lowest BCUT2D eigenvalue weighted by Crippen LogP contribution is -2.20. The van der Waals surface area contributed by atoms with Crippen LogP contribution in [0.25, 0.3) is 0 Å². The smallest absolute Gasteiger partial charge is 0.0431 e. The second-order valence-electron chi connectivity index (χ2n) is 3.04. The maximum atomic E-state index is 8.53. The van der Waals surface area contributed by atoms with Gasteiger partial charge < -0.3 is 10.0 Å². The molecule has 0 rings (SSSR count). The predicted molar refractivity (Wildman–Crippen MR) is 53.4 cm³/mol. The Labute approximate surface area is 79.8 Å². The first kappa shape index (κ1) is 11.9. The minimum atomic E-state index is 0.298. The van der Waals surface area contributed by atoms with Crippen molar-refractivity contribution in [3.05, 3.63) is 11.6 Å². The molecular formula is C9H18ClNO. The number of halogens is 1. The molecule has 0 aliphatic heterocycles. The minimum absolute atomic E-state index is 0.298. The maximum absolute atomic E-state index is 8.53. The molecular weight excluding hydrogens is 174 g/mol. The number of unbranched alkanes of at least 4 members (excludes halogenated alkanes) is 2. The Morgan fingerprint density at radius 1 is 1.42 bits per heavy atom. The average Bonchev–Trinajstić information content (AvgIpc) is 1.97. The molecule has 0 fully saturated rings. The average molecular weight is 192 g/mol. The lowest BCUT2D eigenvalue weighted by atomic mass is 10.2. The number of nitrogens with zero attached hydrogens (tertiary/aromatic N) is 1. The van der Waals surface area contributed by atoms with Crippen molar-refractivity contribution in [1.29, 1.82) is 0 Å². The second kappa shape index (κ2) is 7.59. The van der Waals surface area contributed by atoms with Crippen LogP contribution >= 0.6 is 11.6 Å². The molecule has 0 aromatic rings. The van der Waals surface area contributed by atoms with E-state index in [1.54, 1.807) is 0 Å². The van der Waals surface area contributed by atoms with Gasteiger partial charge in [-0.15, -0.1) is 0 Å². The standard InChI is InChI=1S/C9H18ClNO/c1-9(10)8-11(2)6-4-3-5-7-12/h12H,1,3-8H2,2H3. The van der Waals surface area contributed by atoms with Gasteiger partial charge in [-0.3, -0.25) is 0 Å². The van der Waals surface area contributed by atoms with Crippen LogP contribution in [0.3, 0.4) is 0 Å².